The molecule has 0 saturated heterocycles. The van der Waals surface area contributed by atoms with Crippen LogP contribution in [0.15, 0.2) is 34.0 Å². The normalized spacial score (nSPS) is 12.0. The van der Waals surface area contributed by atoms with Crippen molar-refractivity contribution in [1.82, 2.24) is 9.13 Å². The molecule has 0 aliphatic carbocycles. The van der Waals surface area contributed by atoms with Crippen molar-refractivity contribution in [1.29, 1.82) is 0 Å². The predicted molar refractivity (Wildman–Crippen MR) is 94.0 cm³/mol. The third kappa shape index (κ3) is 3.86. The monoisotopic (exact) mass is 384 g/mol. The molecule has 0 saturated carbocycles. The van der Waals surface area contributed by atoms with Gasteiger partial charge in [-0.3, -0.25) is 18.7 Å². The van der Waals surface area contributed by atoms with E-state index in [4.69, 9.17) is 16.3 Å². The summed E-state index contributed by atoms with van der Waals surface area (Å²) in [5.41, 5.74) is -1.26. The fourth-order valence-corrected chi connectivity index (χ4v) is 2.77. The smallest absolute Gasteiger partial charge is 0.331 e. The minimum atomic E-state index is -0.707. The molecule has 1 aromatic heterocycles. The zero-order valence-corrected chi connectivity index (χ0v) is 15.2. The van der Waals surface area contributed by atoms with E-state index in [1.54, 1.807) is 6.92 Å². The highest BCUT2D eigenvalue weighted by Gasteiger charge is 2.20. The summed E-state index contributed by atoms with van der Waals surface area (Å²) < 4.78 is 25.4. The van der Waals surface area contributed by atoms with Crippen molar-refractivity contribution < 1.29 is 18.7 Å². The summed E-state index contributed by atoms with van der Waals surface area (Å²) >= 11 is 5.99. The topological polar surface area (TPSA) is 79.5 Å². The maximum atomic E-state index is 13.8. The molecule has 1 aromatic carbocycles. The number of carbonyl (C=O) groups is 1. The predicted octanol–water partition coefficient (Wildman–Crippen LogP) is 1.85. The first-order chi connectivity index (χ1) is 12.3. The Balaban J connectivity index is 2.79. The van der Waals surface area contributed by atoms with Gasteiger partial charge in [0.05, 0.1) is 30.3 Å². The highest BCUT2D eigenvalue weighted by molar-refractivity contribution is 6.33. The Morgan fingerprint density at radius 2 is 1.96 bits per heavy atom. The van der Waals surface area contributed by atoms with Crippen molar-refractivity contribution in [2.45, 2.75) is 19.5 Å². The lowest BCUT2D eigenvalue weighted by atomic mass is 10.1. The molecule has 0 amide bonds. The summed E-state index contributed by atoms with van der Waals surface area (Å²) in [6.07, 6.45) is 1.18. The summed E-state index contributed by atoms with van der Waals surface area (Å²) in [4.78, 5) is 37.1. The molecular weight excluding hydrogens is 367 g/mol. The second-order valence-electron chi connectivity index (χ2n) is 5.61. The van der Waals surface area contributed by atoms with Gasteiger partial charge < -0.3 is 9.47 Å². The third-order valence-corrected chi connectivity index (χ3v) is 4.19. The van der Waals surface area contributed by atoms with Crippen LogP contribution in [0.1, 0.15) is 13.0 Å². The van der Waals surface area contributed by atoms with Gasteiger partial charge in [-0.25, -0.2) is 9.18 Å². The quantitative estimate of drug-likeness (QED) is 0.710. The summed E-state index contributed by atoms with van der Waals surface area (Å²) in [5.74, 6) is -1.38. The molecule has 0 radical (unpaired) electrons. The second kappa shape index (κ2) is 8.29. The molecule has 1 atom stereocenters. The van der Waals surface area contributed by atoms with Crippen LogP contribution < -0.4 is 11.2 Å². The molecule has 0 aliphatic heterocycles. The number of halogens is 2. The zero-order valence-electron chi connectivity index (χ0n) is 14.5. The summed E-state index contributed by atoms with van der Waals surface area (Å²) in [6, 6.07) is 3.40. The average Bonchev–Trinajstić information content (AvgIpc) is 2.60. The van der Waals surface area contributed by atoms with Crippen LogP contribution >= 0.6 is 11.6 Å². The molecule has 0 aliphatic rings. The summed E-state index contributed by atoms with van der Waals surface area (Å²) in [5, 5.41) is -0.251. The molecule has 0 bridgehead atoms. The minimum absolute atomic E-state index is 0.0130. The van der Waals surface area contributed by atoms with Crippen molar-refractivity contribution in [3.63, 3.8) is 0 Å². The van der Waals surface area contributed by atoms with Crippen LogP contribution in [-0.4, -0.2) is 35.9 Å². The van der Waals surface area contributed by atoms with Gasteiger partial charge in [-0.05, 0) is 13.0 Å². The van der Waals surface area contributed by atoms with Crippen molar-refractivity contribution in [2.75, 3.05) is 20.8 Å². The van der Waals surface area contributed by atoms with Crippen molar-refractivity contribution in [3.8, 4) is 11.1 Å². The number of methoxy groups -OCH3 is 2. The number of hydrogen-bond acceptors (Lipinski definition) is 5. The molecular formula is C17H18ClFN2O5. The first-order valence-corrected chi connectivity index (χ1v) is 8.05. The fourth-order valence-electron chi connectivity index (χ4n) is 2.54. The van der Waals surface area contributed by atoms with E-state index in [1.807, 2.05) is 0 Å². The Bertz CT molecular complexity index is 938. The van der Waals surface area contributed by atoms with Gasteiger partial charge in [0.25, 0.3) is 5.56 Å². The van der Waals surface area contributed by atoms with Gasteiger partial charge in [0.2, 0.25) is 0 Å². The molecule has 0 spiro atoms. The third-order valence-electron chi connectivity index (χ3n) is 3.80. The summed E-state index contributed by atoms with van der Waals surface area (Å²) in [7, 11) is 2.61. The van der Waals surface area contributed by atoms with Crippen LogP contribution in [0, 0.1) is 5.82 Å². The van der Waals surface area contributed by atoms with Crippen LogP contribution in [0.2, 0.25) is 5.02 Å². The lowest BCUT2D eigenvalue weighted by molar-refractivity contribution is -0.141. The van der Waals surface area contributed by atoms with E-state index in [1.165, 1.54) is 32.5 Å². The van der Waals surface area contributed by atoms with Crippen LogP contribution in [0.4, 0.5) is 4.39 Å². The van der Waals surface area contributed by atoms with Gasteiger partial charge in [-0.2, -0.15) is 0 Å². The summed E-state index contributed by atoms with van der Waals surface area (Å²) in [6.45, 7) is 1.30. The lowest BCUT2D eigenvalue weighted by Crippen LogP contribution is -2.43. The molecule has 140 valence electrons. The maximum Gasteiger partial charge on any atom is 0.331 e. The molecule has 0 fully saturated rings. The molecule has 7 nitrogen and oxygen atoms in total. The van der Waals surface area contributed by atoms with E-state index in [0.717, 1.165) is 15.2 Å². The van der Waals surface area contributed by atoms with E-state index in [2.05, 4.69) is 4.74 Å². The molecule has 26 heavy (non-hydrogen) atoms. The van der Waals surface area contributed by atoms with E-state index < -0.39 is 35.6 Å². The average molecular weight is 385 g/mol. The van der Waals surface area contributed by atoms with Gasteiger partial charge in [0.15, 0.2) is 0 Å². The number of nitrogens with zero attached hydrogens (tertiary/aromatic N) is 2. The molecule has 2 rings (SSSR count). The first kappa shape index (κ1) is 19.9. The minimum Gasteiger partial charge on any atom is -0.468 e. The van der Waals surface area contributed by atoms with Gasteiger partial charge in [-0.15, -0.1) is 0 Å². The van der Waals surface area contributed by atoms with Crippen LogP contribution in [0.25, 0.3) is 11.1 Å². The number of ether oxygens (including phenoxy) is 2. The lowest BCUT2D eigenvalue weighted by Gasteiger charge is -2.17. The Kier molecular flexibility index (Phi) is 6.33. The van der Waals surface area contributed by atoms with E-state index >= 15 is 0 Å². The van der Waals surface area contributed by atoms with Gasteiger partial charge >= 0.3 is 11.7 Å². The van der Waals surface area contributed by atoms with Crippen molar-refractivity contribution >= 4 is 17.6 Å². The van der Waals surface area contributed by atoms with Gasteiger partial charge in [0, 0.05) is 18.9 Å². The maximum absolute atomic E-state index is 13.8. The SMILES string of the molecule is COC[C@H](C)n1c(=O)c(-c2cccc(F)c2Cl)cn(CC(=O)OC)c1=O. The molecule has 2 aromatic rings. The Labute approximate surface area is 153 Å². The highest BCUT2D eigenvalue weighted by Crippen LogP contribution is 2.27. The Hall–Kier alpha value is -2.45. The largest absolute Gasteiger partial charge is 0.468 e. The zero-order chi connectivity index (χ0) is 19.4. The molecule has 9 heteroatoms. The van der Waals surface area contributed by atoms with E-state index in [-0.39, 0.29) is 22.8 Å². The van der Waals surface area contributed by atoms with Crippen LogP contribution in [0.3, 0.4) is 0 Å². The highest BCUT2D eigenvalue weighted by atomic mass is 35.5. The molecule has 1 heterocycles. The number of hydrogen-bond donors (Lipinski definition) is 0. The number of rotatable bonds is 6. The second-order valence-corrected chi connectivity index (χ2v) is 5.99. The van der Waals surface area contributed by atoms with Crippen molar-refractivity contribution in [2.24, 2.45) is 0 Å². The van der Waals surface area contributed by atoms with E-state index in [0.29, 0.717) is 0 Å². The number of esters is 1. The molecule has 0 N–H and O–H groups in total. The van der Waals surface area contributed by atoms with Crippen molar-refractivity contribution in [3.05, 3.63) is 56.1 Å². The van der Waals surface area contributed by atoms with Gasteiger partial charge in [-0.1, -0.05) is 23.7 Å². The van der Waals surface area contributed by atoms with Crippen LogP contribution in [-0.2, 0) is 20.8 Å². The van der Waals surface area contributed by atoms with E-state index in [9.17, 15) is 18.8 Å². The Morgan fingerprint density at radius 1 is 1.27 bits per heavy atom. The number of benzene rings is 1. The standard InChI is InChI=1S/C17H18ClFN2O5/c1-10(9-25-2)21-16(23)12(11-5-4-6-13(19)15(11)18)7-20(17(21)24)8-14(22)26-3/h4-7,10H,8-9H2,1-3H3/t10-/m0/s1. The first-order valence-electron chi connectivity index (χ1n) is 7.67. The molecule has 0 unspecified atom stereocenters. The number of aromatic nitrogens is 2. The Morgan fingerprint density at radius 3 is 2.58 bits per heavy atom. The number of carbonyl (C=O) groups excluding carboxylic acids is 1. The van der Waals surface area contributed by atoms with Crippen LogP contribution in [0.5, 0.6) is 0 Å². The van der Waals surface area contributed by atoms with Gasteiger partial charge in [0.1, 0.15) is 12.4 Å². The fraction of sp³-hybridized carbons (Fsp3) is 0.353.